The lowest BCUT2D eigenvalue weighted by Crippen LogP contribution is -2.45. The average Bonchev–Trinajstić information content (AvgIpc) is 3.53. The van der Waals surface area contributed by atoms with E-state index >= 15 is 0 Å². The van der Waals surface area contributed by atoms with E-state index in [4.69, 9.17) is 14.5 Å². The highest BCUT2D eigenvalue weighted by Crippen LogP contribution is 2.31. The Morgan fingerprint density at radius 2 is 1.71 bits per heavy atom. The second-order valence-electron chi connectivity index (χ2n) is 14.6. The summed E-state index contributed by atoms with van der Waals surface area (Å²) in [6.07, 6.45) is 8.93. The van der Waals surface area contributed by atoms with Crippen molar-refractivity contribution in [1.82, 2.24) is 15.2 Å². The number of methoxy groups -OCH3 is 1. The molecule has 2 N–H and O–H groups in total. The number of carbonyl (C=O) groups excluding carboxylic acids is 2. The van der Waals surface area contributed by atoms with Crippen LogP contribution in [0.5, 0.6) is 0 Å². The number of nitrogens with zero attached hydrogens (tertiary/aromatic N) is 2. The topological polar surface area (TPSA) is 92.8 Å². The van der Waals surface area contributed by atoms with E-state index in [0.29, 0.717) is 31.7 Å². The average molecular weight is 687 g/mol. The van der Waals surface area contributed by atoms with E-state index in [2.05, 4.69) is 88.3 Å². The molecule has 3 unspecified atom stereocenters. The zero-order chi connectivity index (χ0) is 35.5. The molecule has 2 aromatic rings. The van der Waals surface area contributed by atoms with Gasteiger partial charge in [0.1, 0.15) is 16.8 Å². The van der Waals surface area contributed by atoms with Gasteiger partial charge in [-0.25, -0.2) is 4.98 Å². The summed E-state index contributed by atoms with van der Waals surface area (Å²) in [6.45, 7) is 20.1. The quantitative estimate of drug-likeness (QED) is 0.107. The summed E-state index contributed by atoms with van der Waals surface area (Å²) in [5.74, 6) is 0.344. The van der Waals surface area contributed by atoms with Crippen LogP contribution in [0.2, 0.25) is 0 Å². The van der Waals surface area contributed by atoms with Gasteiger partial charge in [-0.05, 0) is 61.6 Å². The molecule has 0 bridgehead atoms. The highest BCUT2D eigenvalue weighted by Gasteiger charge is 2.31. The number of carbonyl (C=O) groups is 2. The zero-order valence-corrected chi connectivity index (χ0v) is 32.3. The van der Waals surface area contributed by atoms with E-state index in [1.54, 1.807) is 7.11 Å². The first-order chi connectivity index (χ1) is 22.9. The van der Waals surface area contributed by atoms with Crippen LogP contribution in [-0.2, 0) is 20.7 Å². The fraction of sp³-hybridized carbons (Fsp3) is 0.718. The summed E-state index contributed by atoms with van der Waals surface area (Å²) >= 11 is 1.48. The van der Waals surface area contributed by atoms with Crippen molar-refractivity contribution >= 4 is 28.8 Å². The van der Waals surface area contributed by atoms with Gasteiger partial charge in [0.15, 0.2) is 0 Å². The minimum atomic E-state index is -0.285. The molecule has 0 spiro atoms. The fourth-order valence-electron chi connectivity index (χ4n) is 6.13. The second-order valence-corrected chi connectivity index (χ2v) is 15.5. The Kier molecular flexibility index (Phi) is 19.3. The fourth-order valence-corrected chi connectivity index (χ4v) is 6.99. The van der Waals surface area contributed by atoms with Crippen LogP contribution in [0.4, 0.5) is 5.69 Å². The molecule has 1 aromatic carbocycles. The predicted octanol–water partition coefficient (Wildman–Crippen LogP) is 9.07. The molecule has 9 heteroatoms. The Hall–Kier alpha value is -2.49. The van der Waals surface area contributed by atoms with Crippen LogP contribution in [0, 0.1) is 11.3 Å². The molecule has 48 heavy (non-hydrogen) atoms. The highest BCUT2D eigenvalue weighted by molar-refractivity contribution is 7.09. The summed E-state index contributed by atoms with van der Waals surface area (Å²) in [6, 6.07) is 8.39. The first-order valence-electron chi connectivity index (χ1n) is 18.4. The number of hydrogen-bond acceptors (Lipinski definition) is 7. The Bertz CT molecular complexity index is 1180. The van der Waals surface area contributed by atoms with Gasteiger partial charge in [0.2, 0.25) is 5.91 Å². The molecular weight excluding hydrogens is 621 g/mol. The van der Waals surface area contributed by atoms with Crippen molar-refractivity contribution in [3.8, 4) is 0 Å². The molecule has 0 aliphatic rings. The van der Waals surface area contributed by atoms with E-state index < -0.39 is 0 Å². The first-order valence-corrected chi connectivity index (χ1v) is 19.3. The van der Waals surface area contributed by atoms with Crippen molar-refractivity contribution in [2.75, 3.05) is 38.7 Å². The predicted molar refractivity (Wildman–Crippen MR) is 201 cm³/mol. The molecule has 0 radical (unpaired) electrons. The van der Waals surface area contributed by atoms with Gasteiger partial charge in [-0.1, -0.05) is 86.3 Å². The second kappa shape index (κ2) is 22.3. The van der Waals surface area contributed by atoms with E-state index in [9.17, 15) is 9.59 Å². The molecule has 0 fully saturated rings. The van der Waals surface area contributed by atoms with Crippen LogP contribution in [0.15, 0.2) is 29.6 Å². The van der Waals surface area contributed by atoms with Crippen molar-refractivity contribution in [3.63, 3.8) is 0 Å². The molecule has 0 aliphatic carbocycles. The third-order valence-corrected chi connectivity index (χ3v) is 9.54. The summed E-state index contributed by atoms with van der Waals surface area (Å²) in [7, 11) is 1.70. The smallest absolute Gasteiger partial charge is 0.270 e. The van der Waals surface area contributed by atoms with Gasteiger partial charge in [0.25, 0.3) is 5.91 Å². The van der Waals surface area contributed by atoms with Crippen LogP contribution in [0.3, 0.4) is 0 Å². The van der Waals surface area contributed by atoms with Crippen molar-refractivity contribution in [2.24, 2.45) is 11.3 Å². The molecule has 2 amide bonds. The van der Waals surface area contributed by atoms with Gasteiger partial charge in [-0.15, -0.1) is 11.3 Å². The number of benzene rings is 1. The Labute approximate surface area is 296 Å². The molecular formula is C39H66N4O4S. The van der Waals surface area contributed by atoms with E-state index in [0.717, 1.165) is 62.3 Å². The lowest BCUT2D eigenvalue weighted by molar-refractivity contribution is -0.135. The van der Waals surface area contributed by atoms with Crippen LogP contribution >= 0.6 is 11.3 Å². The lowest BCUT2D eigenvalue weighted by atomic mass is 9.85. The number of thiazole rings is 1. The van der Waals surface area contributed by atoms with Gasteiger partial charge in [0.05, 0.1) is 6.61 Å². The van der Waals surface area contributed by atoms with Crippen LogP contribution in [-0.4, -0.2) is 67.2 Å². The number of ether oxygens (including phenoxy) is 2. The Morgan fingerprint density at radius 3 is 2.31 bits per heavy atom. The summed E-state index contributed by atoms with van der Waals surface area (Å²) in [4.78, 5) is 34.1. The van der Waals surface area contributed by atoms with Crippen molar-refractivity contribution in [2.45, 2.75) is 138 Å². The van der Waals surface area contributed by atoms with Crippen LogP contribution in [0.25, 0.3) is 0 Å². The summed E-state index contributed by atoms with van der Waals surface area (Å²) < 4.78 is 11.4. The maximum Gasteiger partial charge on any atom is 0.270 e. The van der Waals surface area contributed by atoms with Crippen molar-refractivity contribution in [3.05, 3.63) is 45.9 Å². The molecule has 272 valence electrons. The molecule has 3 atom stereocenters. The molecule has 2 rings (SSSR count). The number of nitrogens with one attached hydrogen (secondary N) is 2. The Balaban J connectivity index is 2.22. The largest absolute Gasteiger partial charge is 0.383 e. The maximum absolute atomic E-state index is 13.6. The summed E-state index contributed by atoms with van der Waals surface area (Å²) in [5.41, 5.74) is 2.68. The maximum atomic E-state index is 13.6. The van der Waals surface area contributed by atoms with Crippen LogP contribution < -0.4 is 10.6 Å². The third kappa shape index (κ3) is 15.4. The van der Waals surface area contributed by atoms with Gasteiger partial charge < -0.3 is 25.0 Å². The van der Waals surface area contributed by atoms with Gasteiger partial charge >= 0.3 is 0 Å². The SMILES string of the molecule is CCCCCCN(C(=O)CCCC)C(CC(OCC)c1nc(C(=O)NC(Cc2ccc(NCCOC)cc2)CC(C)(C)C)cs1)C(C)C. The minimum Gasteiger partial charge on any atom is -0.383 e. The lowest BCUT2D eigenvalue weighted by Gasteiger charge is -2.36. The normalized spacial score (nSPS) is 13.7. The van der Waals surface area contributed by atoms with Gasteiger partial charge in [-0.3, -0.25) is 9.59 Å². The van der Waals surface area contributed by atoms with Crippen molar-refractivity contribution in [1.29, 1.82) is 0 Å². The van der Waals surface area contributed by atoms with E-state index in [1.807, 2.05) is 12.3 Å². The Morgan fingerprint density at radius 1 is 1.00 bits per heavy atom. The molecule has 8 nitrogen and oxygen atoms in total. The molecule has 1 heterocycles. The summed E-state index contributed by atoms with van der Waals surface area (Å²) in [5, 5.41) is 9.31. The van der Waals surface area contributed by atoms with Gasteiger partial charge in [-0.2, -0.15) is 0 Å². The number of anilines is 1. The van der Waals surface area contributed by atoms with E-state index in [-0.39, 0.29) is 41.3 Å². The molecule has 1 aromatic heterocycles. The zero-order valence-electron chi connectivity index (χ0n) is 31.5. The van der Waals surface area contributed by atoms with Crippen molar-refractivity contribution < 1.29 is 19.1 Å². The number of aromatic nitrogens is 1. The highest BCUT2D eigenvalue weighted by atomic mass is 32.1. The standard InChI is InChI=1S/C39H66N4O4S/c1-10-13-15-16-23-43(36(44)17-14-11-2)34(29(4)5)26-35(47-12-3)38-42-33(28-48-38)37(45)41-32(27-39(6,7)8)25-30-18-20-31(21-19-30)40-22-24-46-9/h18-21,28-29,32,34-35,40H,10-17,22-27H2,1-9H3,(H,41,45). The minimum absolute atomic E-state index is 0.0337. The number of hydrogen-bond donors (Lipinski definition) is 2. The van der Waals surface area contributed by atoms with Crippen LogP contribution in [0.1, 0.15) is 140 Å². The molecule has 0 saturated carbocycles. The molecule has 0 saturated heterocycles. The third-order valence-electron chi connectivity index (χ3n) is 8.61. The van der Waals surface area contributed by atoms with E-state index in [1.165, 1.54) is 29.7 Å². The molecule has 0 aliphatic heterocycles. The number of unbranched alkanes of at least 4 members (excludes halogenated alkanes) is 4. The monoisotopic (exact) mass is 686 g/mol. The number of rotatable bonds is 24. The van der Waals surface area contributed by atoms with Gasteiger partial charge in [0, 0.05) is 62.8 Å². The number of amides is 2. The first kappa shape index (κ1) is 41.7.